The van der Waals surface area contributed by atoms with E-state index >= 15 is 0 Å². The lowest BCUT2D eigenvalue weighted by atomic mass is 10.1. The van der Waals surface area contributed by atoms with E-state index in [0.717, 1.165) is 21.1 Å². The third kappa shape index (κ3) is 2.72. The summed E-state index contributed by atoms with van der Waals surface area (Å²) in [5, 5.41) is 20.5. The van der Waals surface area contributed by atoms with E-state index in [4.69, 9.17) is 5.11 Å². The molecule has 0 amide bonds. The Morgan fingerprint density at radius 1 is 1.39 bits per heavy atom. The molecule has 1 N–H and O–H groups in total. The second-order valence-corrected chi connectivity index (χ2v) is 5.04. The molecule has 1 aromatic heterocycles. The zero-order valence-corrected chi connectivity index (χ0v) is 10.6. The average Bonchev–Trinajstić information content (AvgIpc) is 2.70. The van der Waals surface area contributed by atoms with Crippen LogP contribution in [0.5, 0.6) is 0 Å². The third-order valence-electron chi connectivity index (χ3n) is 2.58. The van der Waals surface area contributed by atoms with Gasteiger partial charge in [-0.25, -0.2) is 4.98 Å². The molecule has 0 atom stereocenters. The smallest absolute Gasteiger partial charge is 0.269 e. The van der Waals surface area contributed by atoms with Crippen molar-refractivity contribution in [2.75, 3.05) is 0 Å². The summed E-state index contributed by atoms with van der Waals surface area (Å²) in [6.45, 7) is 1.87. The zero-order chi connectivity index (χ0) is 13.1. The van der Waals surface area contributed by atoms with Gasteiger partial charge in [0.05, 0.1) is 27.1 Å². The highest BCUT2D eigenvalue weighted by Crippen LogP contribution is 2.21. The van der Waals surface area contributed by atoms with E-state index in [-0.39, 0.29) is 12.3 Å². The minimum Gasteiger partial charge on any atom is -0.391 e. The number of nitro groups is 1. The molecule has 1 aromatic carbocycles. The largest absolute Gasteiger partial charge is 0.391 e. The highest BCUT2D eigenvalue weighted by Gasteiger charge is 2.09. The molecule has 2 rings (SSSR count). The van der Waals surface area contributed by atoms with Gasteiger partial charge in [0, 0.05) is 18.6 Å². The van der Waals surface area contributed by atoms with Crippen molar-refractivity contribution < 1.29 is 10.0 Å². The molecule has 0 aliphatic carbocycles. The van der Waals surface area contributed by atoms with Crippen LogP contribution in [0, 0.1) is 17.0 Å². The SMILES string of the molecule is Cc1nc(Cc2ccc([N+](=O)[O-])cc2)sc1CO. The van der Waals surface area contributed by atoms with Gasteiger partial charge < -0.3 is 5.11 Å². The van der Waals surface area contributed by atoms with E-state index in [0.29, 0.717) is 6.42 Å². The molecular formula is C12H12N2O3S. The first-order valence-electron chi connectivity index (χ1n) is 5.39. The number of aliphatic hydroxyl groups excluding tert-OH is 1. The maximum Gasteiger partial charge on any atom is 0.269 e. The Bertz CT molecular complexity index is 563. The van der Waals surface area contributed by atoms with Crippen LogP contribution in [-0.4, -0.2) is 15.0 Å². The molecule has 6 heteroatoms. The number of aliphatic hydroxyl groups is 1. The number of rotatable bonds is 4. The van der Waals surface area contributed by atoms with Gasteiger partial charge >= 0.3 is 0 Å². The van der Waals surface area contributed by atoms with Gasteiger partial charge in [0.1, 0.15) is 0 Å². The first kappa shape index (κ1) is 12.7. The molecular weight excluding hydrogens is 252 g/mol. The molecule has 94 valence electrons. The van der Waals surface area contributed by atoms with Crippen molar-refractivity contribution in [3.63, 3.8) is 0 Å². The van der Waals surface area contributed by atoms with Crippen molar-refractivity contribution in [3.05, 3.63) is 55.5 Å². The maximum absolute atomic E-state index is 10.5. The van der Waals surface area contributed by atoms with Crippen LogP contribution < -0.4 is 0 Å². The Kier molecular flexibility index (Phi) is 3.69. The Labute approximate surface area is 108 Å². The first-order chi connectivity index (χ1) is 8.60. The zero-order valence-electron chi connectivity index (χ0n) is 9.79. The van der Waals surface area contributed by atoms with E-state index in [1.807, 2.05) is 6.92 Å². The number of hydrogen-bond donors (Lipinski definition) is 1. The van der Waals surface area contributed by atoms with Gasteiger partial charge in [-0.15, -0.1) is 11.3 Å². The summed E-state index contributed by atoms with van der Waals surface area (Å²) in [4.78, 5) is 15.3. The molecule has 0 aliphatic rings. The topological polar surface area (TPSA) is 76.3 Å². The van der Waals surface area contributed by atoms with Gasteiger partial charge in [0.25, 0.3) is 5.69 Å². The van der Waals surface area contributed by atoms with E-state index in [9.17, 15) is 10.1 Å². The summed E-state index contributed by atoms with van der Waals surface area (Å²) in [6.07, 6.45) is 0.628. The van der Waals surface area contributed by atoms with Gasteiger partial charge in [0.2, 0.25) is 0 Å². The number of thiazole rings is 1. The molecule has 18 heavy (non-hydrogen) atoms. The maximum atomic E-state index is 10.5. The van der Waals surface area contributed by atoms with Gasteiger partial charge in [-0.1, -0.05) is 12.1 Å². The molecule has 0 radical (unpaired) electrons. The summed E-state index contributed by atoms with van der Waals surface area (Å²) in [5.41, 5.74) is 1.91. The lowest BCUT2D eigenvalue weighted by Gasteiger charge is -1.97. The number of hydrogen-bond acceptors (Lipinski definition) is 5. The van der Waals surface area contributed by atoms with Crippen LogP contribution in [0.15, 0.2) is 24.3 Å². The molecule has 0 saturated carbocycles. The van der Waals surface area contributed by atoms with Crippen LogP contribution >= 0.6 is 11.3 Å². The predicted molar refractivity (Wildman–Crippen MR) is 68.7 cm³/mol. The first-order valence-corrected chi connectivity index (χ1v) is 6.21. The minimum absolute atomic E-state index is 0.00373. The molecule has 0 aliphatic heterocycles. The van der Waals surface area contributed by atoms with E-state index in [2.05, 4.69) is 4.98 Å². The standard InChI is InChI=1S/C12H12N2O3S/c1-8-11(7-15)18-12(13-8)6-9-2-4-10(5-3-9)14(16)17/h2-5,15H,6-7H2,1H3. The van der Waals surface area contributed by atoms with Crippen LogP contribution in [0.4, 0.5) is 5.69 Å². The van der Waals surface area contributed by atoms with Crippen molar-refractivity contribution >= 4 is 17.0 Å². The van der Waals surface area contributed by atoms with Crippen molar-refractivity contribution in [3.8, 4) is 0 Å². The molecule has 0 fully saturated rings. The molecule has 0 spiro atoms. The highest BCUT2D eigenvalue weighted by molar-refractivity contribution is 7.11. The molecule has 5 nitrogen and oxygen atoms in total. The summed E-state index contributed by atoms with van der Waals surface area (Å²) >= 11 is 1.47. The normalized spacial score (nSPS) is 10.6. The quantitative estimate of drug-likeness (QED) is 0.679. The fourth-order valence-electron chi connectivity index (χ4n) is 1.62. The van der Waals surface area contributed by atoms with Crippen LogP contribution in [0.3, 0.4) is 0 Å². The summed E-state index contributed by atoms with van der Waals surface area (Å²) < 4.78 is 0. The number of nitrogens with zero attached hydrogens (tertiary/aromatic N) is 2. The van der Waals surface area contributed by atoms with Crippen LogP contribution in [0.1, 0.15) is 21.1 Å². The molecule has 0 bridgehead atoms. The summed E-state index contributed by atoms with van der Waals surface area (Å²) in [7, 11) is 0. The number of non-ortho nitro benzene ring substituents is 1. The number of benzene rings is 1. The fraction of sp³-hybridized carbons (Fsp3) is 0.250. The van der Waals surface area contributed by atoms with Gasteiger partial charge in [-0.3, -0.25) is 10.1 Å². The average molecular weight is 264 g/mol. The fourth-order valence-corrected chi connectivity index (χ4v) is 2.58. The van der Waals surface area contributed by atoms with Crippen molar-refractivity contribution in [1.29, 1.82) is 0 Å². The second-order valence-electron chi connectivity index (χ2n) is 3.87. The van der Waals surface area contributed by atoms with Gasteiger partial charge in [-0.2, -0.15) is 0 Å². The van der Waals surface area contributed by atoms with E-state index < -0.39 is 4.92 Å². The van der Waals surface area contributed by atoms with Crippen molar-refractivity contribution in [2.45, 2.75) is 20.0 Å². The number of nitro benzene ring substituents is 1. The Hall–Kier alpha value is -1.79. The Morgan fingerprint density at radius 2 is 2.06 bits per heavy atom. The third-order valence-corrected chi connectivity index (χ3v) is 3.73. The minimum atomic E-state index is -0.415. The van der Waals surface area contributed by atoms with Crippen LogP contribution in [0.25, 0.3) is 0 Å². The van der Waals surface area contributed by atoms with Crippen molar-refractivity contribution in [2.24, 2.45) is 0 Å². The second kappa shape index (κ2) is 5.24. The Morgan fingerprint density at radius 3 is 2.56 bits per heavy atom. The molecule has 1 heterocycles. The van der Waals surface area contributed by atoms with Crippen molar-refractivity contribution in [1.82, 2.24) is 4.98 Å². The Balaban J connectivity index is 2.15. The molecule has 0 saturated heterocycles. The highest BCUT2D eigenvalue weighted by atomic mass is 32.1. The number of aromatic nitrogens is 1. The van der Waals surface area contributed by atoms with E-state index in [1.165, 1.54) is 23.5 Å². The monoisotopic (exact) mass is 264 g/mol. The van der Waals surface area contributed by atoms with Gasteiger partial charge in [-0.05, 0) is 12.5 Å². The van der Waals surface area contributed by atoms with Gasteiger partial charge in [0.15, 0.2) is 0 Å². The summed E-state index contributed by atoms with van der Waals surface area (Å²) in [6, 6.07) is 6.44. The van der Waals surface area contributed by atoms with E-state index in [1.54, 1.807) is 12.1 Å². The summed E-state index contributed by atoms with van der Waals surface area (Å²) in [5.74, 6) is 0. The molecule has 2 aromatic rings. The number of aryl methyl sites for hydroxylation is 1. The molecule has 0 unspecified atom stereocenters. The van der Waals surface area contributed by atoms with Crippen LogP contribution in [0.2, 0.25) is 0 Å². The lowest BCUT2D eigenvalue weighted by Crippen LogP contribution is -1.90. The van der Waals surface area contributed by atoms with Crippen LogP contribution in [-0.2, 0) is 13.0 Å². The lowest BCUT2D eigenvalue weighted by molar-refractivity contribution is -0.384. The predicted octanol–water partition coefficient (Wildman–Crippen LogP) is 2.44.